The van der Waals surface area contributed by atoms with Crippen LogP contribution in [0.5, 0.6) is 5.75 Å². The molecule has 0 aliphatic heterocycles. The van der Waals surface area contributed by atoms with Gasteiger partial charge in [-0.25, -0.2) is 4.99 Å². The summed E-state index contributed by atoms with van der Waals surface area (Å²) in [6.45, 7) is 5.91. The molecule has 0 aliphatic carbocycles. The zero-order valence-electron chi connectivity index (χ0n) is 17.2. The molecule has 0 saturated heterocycles. The Kier molecular flexibility index (Phi) is 10.9. The fourth-order valence-electron chi connectivity index (χ4n) is 2.69. The second-order valence-corrected chi connectivity index (χ2v) is 6.85. The molecule has 0 atom stereocenters. The lowest BCUT2D eigenvalue weighted by molar-refractivity contribution is -0.114. The van der Waals surface area contributed by atoms with Crippen molar-refractivity contribution in [1.29, 1.82) is 0 Å². The van der Waals surface area contributed by atoms with E-state index < -0.39 is 0 Å². The van der Waals surface area contributed by atoms with Crippen LogP contribution in [-0.4, -0.2) is 48.1 Å². The number of anilines is 1. The van der Waals surface area contributed by atoms with Crippen molar-refractivity contribution in [2.45, 2.75) is 20.4 Å². The number of halogens is 2. The Hall–Kier alpha value is -1.94. The number of carbonyl (C=O) groups is 1. The van der Waals surface area contributed by atoms with Gasteiger partial charge in [0.05, 0.1) is 18.1 Å². The van der Waals surface area contributed by atoms with E-state index in [1.54, 1.807) is 6.07 Å². The molecule has 0 aliphatic rings. The lowest BCUT2D eigenvalue weighted by Gasteiger charge is -2.22. The molecule has 2 N–H and O–H groups in total. The molecule has 29 heavy (non-hydrogen) atoms. The Morgan fingerprint density at radius 2 is 2.10 bits per heavy atom. The molecule has 0 fully saturated rings. The molecule has 160 valence electrons. The van der Waals surface area contributed by atoms with Gasteiger partial charge in [-0.2, -0.15) is 0 Å². The highest BCUT2D eigenvalue weighted by atomic mass is 127. The molecule has 0 spiro atoms. The second-order valence-electron chi connectivity index (χ2n) is 6.41. The summed E-state index contributed by atoms with van der Waals surface area (Å²) < 4.78 is 7.76. The van der Waals surface area contributed by atoms with Crippen LogP contribution in [0.4, 0.5) is 5.69 Å². The minimum absolute atomic E-state index is 0. The molecular weight excluding hydrogens is 505 g/mol. The van der Waals surface area contributed by atoms with Crippen molar-refractivity contribution < 1.29 is 9.53 Å². The molecule has 2 aromatic rings. The van der Waals surface area contributed by atoms with Crippen LogP contribution < -0.4 is 15.4 Å². The lowest BCUT2D eigenvalue weighted by atomic mass is 10.3. The largest absolute Gasteiger partial charge is 0.492 e. The first kappa shape index (κ1) is 25.1. The third-order valence-electron chi connectivity index (χ3n) is 3.95. The van der Waals surface area contributed by atoms with E-state index in [1.807, 2.05) is 60.9 Å². The smallest absolute Gasteiger partial charge is 0.221 e. The van der Waals surface area contributed by atoms with Crippen molar-refractivity contribution in [3.8, 4) is 5.75 Å². The summed E-state index contributed by atoms with van der Waals surface area (Å²) in [6.07, 6.45) is 1.89. The molecule has 1 heterocycles. The molecular formula is C20H29ClIN5O2. The summed E-state index contributed by atoms with van der Waals surface area (Å²) in [6, 6.07) is 9.26. The number of nitrogens with zero attached hydrogens (tertiary/aromatic N) is 3. The minimum Gasteiger partial charge on any atom is -0.492 e. The van der Waals surface area contributed by atoms with Crippen molar-refractivity contribution in [3.05, 3.63) is 47.2 Å². The highest BCUT2D eigenvalue weighted by Gasteiger charge is 2.09. The summed E-state index contributed by atoms with van der Waals surface area (Å²) in [5.74, 6) is 1.38. The van der Waals surface area contributed by atoms with Gasteiger partial charge in [0, 0.05) is 51.2 Å². The highest BCUT2D eigenvalue weighted by molar-refractivity contribution is 14.0. The number of aromatic nitrogens is 1. The van der Waals surface area contributed by atoms with Crippen molar-refractivity contribution in [2.24, 2.45) is 12.0 Å². The van der Waals surface area contributed by atoms with E-state index >= 15 is 0 Å². The molecule has 0 bridgehead atoms. The summed E-state index contributed by atoms with van der Waals surface area (Å²) >= 11 is 6.06. The van der Waals surface area contributed by atoms with Gasteiger partial charge in [0.15, 0.2) is 5.96 Å². The maximum absolute atomic E-state index is 11.1. The van der Waals surface area contributed by atoms with Crippen molar-refractivity contribution >= 4 is 53.1 Å². The van der Waals surface area contributed by atoms with Crippen LogP contribution >= 0.6 is 35.6 Å². The van der Waals surface area contributed by atoms with Gasteiger partial charge in [0.1, 0.15) is 12.4 Å². The molecule has 0 radical (unpaired) electrons. The highest BCUT2D eigenvalue weighted by Crippen LogP contribution is 2.17. The van der Waals surface area contributed by atoms with Crippen molar-refractivity contribution in [3.63, 3.8) is 0 Å². The van der Waals surface area contributed by atoms with E-state index in [-0.39, 0.29) is 29.9 Å². The summed E-state index contributed by atoms with van der Waals surface area (Å²) in [5, 5.41) is 6.75. The third kappa shape index (κ3) is 8.53. The zero-order chi connectivity index (χ0) is 20.5. The molecule has 0 saturated carbocycles. The fraction of sp³-hybridized carbons (Fsp3) is 0.400. The molecule has 7 nitrogen and oxygen atoms in total. The van der Waals surface area contributed by atoms with E-state index in [1.165, 1.54) is 6.92 Å². The zero-order valence-corrected chi connectivity index (χ0v) is 20.3. The first-order valence-electron chi connectivity index (χ1n) is 9.19. The van der Waals surface area contributed by atoms with Crippen LogP contribution in [0.2, 0.25) is 5.02 Å². The van der Waals surface area contributed by atoms with Gasteiger partial charge >= 0.3 is 0 Å². The molecule has 1 amide bonds. The number of guanidine groups is 1. The number of ether oxygens (including phenoxy) is 1. The minimum atomic E-state index is -0.112. The van der Waals surface area contributed by atoms with E-state index in [0.717, 1.165) is 23.2 Å². The first-order valence-corrected chi connectivity index (χ1v) is 9.57. The molecule has 1 aromatic carbocycles. The lowest BCUT2D eigenvalue weighted by Crippen LogP contribution is -2.39. The van der Waals surface area contributed by atoms with Crippen LogP contribution in [0.15, 0.2) is 41.5 Å². The molecule has 1 aromatic heterocycles. The standard InChI is InChI=1S/C20H28ClN5O2.HI/c1-5-22-20(26(4)14-18-11-16(21)13-25(18)3)23-9-10-28-19-8-6-7-17(12-19)24-15(2)27;/h6-8,11-13H,5,9-10,14H2,1-4H3,(H,22,23)(H,24,27);1H. The van der Waals surface area contributed by atoms with Gasteiger partial charge in [-0.3, -0.25) is 4.79 Å². The Bertz CT molecular complexity index is 825. The number of nitrogens with one attached hydrogen (secondary N) is 2. The van der Waals surface area contributed by atoms with Crippen LogP contribution in [0.3, 0.4) is 0 Å². The third-order valence-corrected chi connectivity index (χ3v) is 4.15. The summed E-state index contributed by atoms with van der Waals surface area (Å²) in [5.41, 5.74) is 1.81. The summed E-state index contributed by atoms with van der Waals surface area (Å²) in [4.78, 5) is 17.8. The Labute approximate surface area is 194 Å². The number of aliphatic imine (C=N–C) groups is 1. The quantitative estimate of drug-likeness (QED) is 0.235. The first-order chi connectivity index (χ1) is 13.4. The van der Waals surface area contributed by atoms with Crippen LogP contribution in [-0.2, 0) is 18.4 Å². The Balaban J connectivity index is 0.00000420. The van der Waals surface area contributed by atoms with Crippen molar-refractivity contribution in [2.75, 3.05) is 32.1 Å². The van der Waals surface area contributed by atoms with E-state index in [0.29, 0.717) is 31.1 Å². The average molecular weight is 534 g/mol. The second kappa shape index (κ2) is 12.6. The summed E-state index contributed by atoms with van der Waals surface area (Å²) in [7, 11) is 3.96. The SMILES string of the molecule is CCNC(=NCCOc1cccc(NC(C)=O)c1)N(C)Cc1cc(Cl)cn1C.I. The normalized spacial score (nSPS) is 10.9. The number of amides is 1. The predicted molar refractivity (Wildman–Crippen MR) is 130 cm³/mol. The van der Waals surface area contributed by atoms with Crippen LogP contribution in [0.1, 0.15) is 19.5 Å². The van der Waals surface area contributed by atoms with E-state index in [9.17, 15) is 4.79 Å². The number of benzene rings is 1. The van der Waals surface area contributed by atoms with Gasteiger partial charge < -0.3 is 24.8 Å². The van der Waals surface area contributed by atoms with E-state index in [4.69, 9.17) is 16.3 Å². The van der Waals surface area contributed by atoms with Gasteiger partial charge in [-0.1, -0.05) is 17.7 Å². The van der Waals surface area contributed by atoms with Crippen molar-refractivity contribution in [1.82, 2.24) is 14.8 Å². The fourth-order valence-corrected chi connectivity index (χ4v) is 2.97. The topological polar surface area (TPSA) is 70.9 Å². The van der Waals surface area contributed by atoms with Gasteiger partial charge in [0.2, 0.25) is 5.91 Å². The number of hydrogen-bond acceptors (Lipinski definition) is 3. The van der Waals surface area contributed by atoms with Gasteiger partial charge in [-0.05, 0) is 25.1 Å². The Morgan fingerprint density at radius 1 is 1.34 bits per heavy atom. The van der Waals surface area contributed by atoms with Gasteiger partial charge in [-0.15, -0.1) is 24.0 Å². The Morgan fingerprint density at radius 3 is 2.72 bits per heavy atom. The van der Waals surface area contributed by atoms with Crippen LogP contribution in [0.25, 0.3) is 0 Å². The molecule has 2 rings (SSSR count). The monoisotopic (exact) mass is 533 g/mol. The number of hydrogen-bond donors (Lipinski definition) is 2. The maximum atomic E-state index is 11.1. The number of carbonyl (C=O) groups excluding carboxylic acids is 1. The maximum Gasteiger partial charge on any atom is 0.221 e. The molecule has 9 heteroatoms. The predicted octanol–water partition coefficient (Wildman–Crippen LogP) is 3.73. The van der Waals surface area contributed by atoms with Crippen LogP contribution in [0, 0.1) is 0 Å². The van der Waals surface area contributed by atoms with E-state index in [2.05, 4.69) is 15.6 Å². The molecule has 0 unspecified atom stereocenters. The number of rotatable bonds is 8. The number of aryl methyl sites for hydroxylation is 1. The van der Waals surface area contributed by atoms with Gasteiger partial charge in [0.25, 0.3) is 0 Å². The average Bonchev–Trinajstić information content (AvgIpc) is 2.94.